The lowest BCUT2D eigenvalue weighted by atomic mass is 10.0. The van der Waals surface area contributed by atoms with Gasteiger partial charge in [0.1, 0.15) is 0 Å². The summed E-state index contributed by atoms with van der Waals surface area (Å²) in [4.78, 5) is 11.9. The number of aromatic hydroxyl groups is 1. The van der Waals surface area contributed by atoms with Gasteiger partial charge in [0.25, 0.3) is 0 Å². The van der Waals surface area contributed by atoms with E-state index < -0.39 is 0 Å². The topological polar surface area (TPSA) is 58.6 Å². The Bertz CT molecular complexity index is 436. The number of carbonyl (C=O) groups is 1. The van der Waals surface area contributed by atoms with E-state index in [1.807, 2.05) is 0 Å². The largest absolute Gasteiger partial charge is 0.505 e. The van der Waals surface area contributed by atoms with Crippen molar-refractivity contribution in [1.29, 1.82) is 0 Å². The Morgan fingerprint density at radius 1 is 1.39 bits per heavy atom. The lowest BCUT2D eigenvalue weighted by molar-refractivity contribution is -0.123. The highest BCUT2D eigenvalue weighted by Gasteiger charge is 2.22. The Morgan fingerprint density at radius 3 is 2.61 bits per heavy atom. The minimum Gasteiger partial charge on any atom is -0.505 e. The lowest BCUT2D eigenvalue weighted by Crippen LogP contribution is -2.30. The number of amides is 1. The molecular formula is C12H13Cl2NO3. The zero-order valence-electron chi connectivity index (χ0n) is 9.58. The minimum absolute atomic E-state index is 0.109. The van der Waals surface area contributed by atoms with Crippen LogP contribution in [-0.4, -0.2) is 24.2 Å². The molecule has 1 fully saturated rings. The van der Waals surface area contributed by atoms with Crippen LogP contribution in [0.1, 0.15) is 12.8 Å². The Labute approximate surface area is 115 Å². The number of hydrogen-bond acceptors (Lipinski definition) is 3. The molecule has 18 heavy (non-hydrogen) atoms. The van der Waals surface area contributed by atoms with Gasteiger partial charge in [-0.25, -0.2) is 0 Å². The number of nitrogens with one attached hydrogen (secondary N) is 1. The molecule has 0 saturated carbocycles. The number of anilines is 1. The third kappa shape index (κ3) is 3.07. The van der Waals surface area contributed by atoms with Crippen molar-refractivity contribution >= 4 is 34.8 Å². The molecule has 0 aliphatic carbocycles. The highest BCUT2D eigenvalue weighted by molar-refractivity contribution is 6.37. The van der Waals surface area contributed by atoms with Gasteiger partial charge in [0, 0.05) is 12.3 Å². The van der Waals surface area contributed by atoms with Crippen molar-refractivity contribution in [3.8, 4) is 5.75 Å². The van der Waals surface area contributed by atoms with Crippen molar-refractivity contribution in [2.75, 3.05) is 18.5 Å². The van der Waals surface area contributed by atoms with Gasteiger partial charge < -0.3 is 15.2 Å². The summed E-state index contributed by atoms with van der Waals surface area (Å²) in [5.41, 5.74) is 0.471. The van der Waals surface area contributed by atoms with E-state index in [-0.39, 0.29) is 27.6 Å². The first-order chi connectivity index (χ1) is 8.58. The fourth-order valence-corrected chi connectivity index (χ4v) is 2.32. The average Bonchev–Trinajstić information content (AvgIpc) is 2.37. The van der Waals surface area contributed by atoms with E-state index in [1.165, 1.54) is 12.1 Å². The number of phenols is 1. The maximum absolute atomic E-state index is 11.9. The molecule has 6 heteroatoms. The summed E-state index contributed by atoms with van der Waals surface area (Å²) in [5.74, 6) is -0.449. The second-order valence-corrected chi connectivity index (χ2v) is 5.01. The summed E-state index contributed by atoms with van der Waals surface area (Å²) in [6.45, 7) is 1.14. The molecule has 2 N–H and O–H groups in total. The predicted octanol–water partition coefficient (Wildman–Crippen LogP) is 3.06. The fraction of sp³-hybridized carbons (Fsp3) is 0.417. The summed E-state index contributed by atoms with van der Waals surface area (Å²) in [6, 6.07) is 2.93. The van der Waals surface area contributed by atoms with Crippen LogP contribution in [0.15, 0.2) is 12.1 Å². The van der Waals surface area contributed by atoms with E-state index >= 15 is 0 Å². The molecule has 1 aromatic rings. The van der Waals surface area contributed by atoms with Crippen LogP contribution < -0.4 is 5.32 Å². The predicted molar refractivity (Wildman–Crippen MR) is 70.3 cm³/mol. The van der Waals surface area contributed by atoms with Crippen molar-refractivity contribution < 1.29 is 14.6 Å². The fourth-order valence-electron chi connectivity index (χ4n) is 1.83. The van der Waals surface area contributed by atoms with E-state index in [4.69, 9.17) is 27.9 Å². The summed E-state index contributed by atoms with van der Waals surface area (Å²) < 4.78 is 5.25. The lowest BCUT2D eigenvalue weighted by Gasteiger charge is -2.21. The molecule has 98 valence electrons. The average molecular weight is 290 g/mol. The van der Waals surface area contributed by atoms with Gasteiger partial charge in [0.2, 0.25) is 5.91 Å². The second-order valence-electron chi connectivity index (χ2n) is 4.19. The standard InChI is InChI=1S/C12H13Cl2NO3/c13-9-4-8(5-10(14)11(9)16)15-12(17)7-2-1-3-18-6-7/h4-5,7,16H,1-3,6H2,(H,15,17). The molecular weight excluding hydrogens is 277 g/mol. The number of carbonyl (C=O) groups excluding carboxylic acids is 1. The molecule has 2 rings (SSSR count). The highest BCUT2D eigenvalue weighted by atomic mass is 35.5. The first-order valence-corrected chi connectivity index (χ1v) is 6.40. The Balaban J connectivity index is 2.06. The quantitative estimate of drug-likeness (QED) is 0.823. The summed E-state index contributed by atoms with van der Waals surface area (Å²) in [6.07, 6.45) is 1.69. The molecule has 4 nitrogen and oxygen atoms in total. The van der Waals surface area contributed by atoms with Gasteiger partial charge in [0.15, 0.2) is 5.75 Å². The molecule has 1 aromatic carbocycles. The van der Waals surface area contributed by atoms with E-state index in [0.717, 1.165) is 12.8 Å². The van der Waals surface area contributed by atoms with E-state index in [9.17, 15) is 9.90 Å². The van der Waals surface area contributed by atoms with Crippen LogP contribution in [0, 0.1) is 5.92 Å². The summed E-state index contributed by atoms with van der Waals surface area (Å²) >= 11 is 11.6. The Hall–Kier alpha value is -0.970. The maximum Gasteiger partial charge on any atom is 0.229 e. The van der Waals surface area contributed by atoms with Crippen molar-refractivity contribution in [2.45, 2.75) is 12.8 Å². The molecule has 1 aliphatic rings. The molecule has 1 unspecified atom stereocenters. The number of benzene rings is 1. The first kappa shape index (κ1) is 13.5. The van der Waals surface area contributed by atoms with Crippen molar-refractivity contribution in [2.24, 2.45) is 5.92 Å². The maximum atomic E-state index is 11.9. The van der Waals surface area contributed by atoms with E-state index in [1.54, 1.807) is 0 Å². The molecule has 1 aliphatic heterocycles. The third-order valence-electron chi connectivity index (χ3n) is 2.82. The number of halogens is 2. The molecule has 1 saturated heterocycles. The first-order valence-electron chi connectivity index (χ1n) is 5.64. The highest BCUT2D eigenvalue weighted by Crippen LogP contribution is 2.34. The molecule has 0 spiro atoms. The minimum atomic E-state index is -0.183. The van der Waals surface area contributed by atoms with Gasteiger partial charge in [-0.05, 0) is 25.0 Å². The monoisotopic (exact) mass is 289 g/mol. The third-order valence-corrected chi connectivity index (χ3v) is 3.39. The number of hydrogen-bond donors (Lipinski definition) is 2. The smallest absolute Gasteiger partial charge is 0.229 e. The van der Waals surface area contributed by atoms with Crippen LogP contribution in [0.4, 0.5) is 5.69 Å². The van der Waals surface area contributed by atoms with Crippen LogP contribution in [0.5, 0.6) is 5.75 Å². The molecule has 1 atom stereocenters. The SMILES string of the molecule is O=C(Nc1cc(Cl)c(O)c(Cl)c1)C1CCCOC1. The van der Waals surface area contributed by atoms with Gasteiger partial charge in [0.05, 0.1) is 22.6 Å². The summed E-state index contributed by atoms with van der Waals surface area (Å²) in [7, 11) is 0. The van der Waals surface area contributed by atoms with Crippen LogP contribution in [0.2, 0.25) is 10.0 Å². The zero-order chi connectivity index (χ0) is 13.1. The van der Waals surface area contributed by atoms with Gasteiger partial charge >= 0.3 is 0 Å². The van der Waals surface area contributed by atoms with Crippen LogP contribution >= 0.6 is 23.2 Å². The van der Waals surface area contributed by atoms with E-state index in [0.29, 0.717) is 18.9 Å². The van der Waals surface area contributed by atoms with Crippen LogP contribution in [-0.2, 0) is 9.53 Å². The molecule has 1 heterocycles. The van der Waals surface area contributed by atoms with Gasteiger partial charge in [-0.1, -0.05) is 23.2 Å². The Kier molecular flexibility index (Phi) is 4.32. The van der Waals surface area contributed by atoms with Crippen molar-refractivity contribution in [3.05, 3.63) is 22.2 Å². The van der Waals surface area contributed by atoms with Crippen LogP contribution in [0.3, 0.4) is 0 Å². The molecule has 0 radical (unpaired) electrons. The number of rotatable bonds is 2. The normalized spacial score (nSPS) is 19.6. The Morgan fingerprint density at radius 2 is 2.06 bits per heavy atom. The number of phenolic OH excluding ortho intramolecular Hbond substituents is 1. The summed E-state index contributed by atoms with van der Waals surface area (Å²) in [5, 5.41) is 12.4. The van der Waals surface area contributed by atoms with Crippen molar-refractivity contribution in [3.63, 3.8) is 0 Å². The molecule has 0 aromatic heterocycles. The number of ether oxygens (including phenoxy) is 1. The van der Waals surface area contributed by atoms with E-state index in [2.05, 4.69) is 5.32 Å². The molecule has 0 bridgehead atoms. The van der Waals surface area contributed by atoms with Gasteiger partial charge in [-0.15, -0.1) is 0 Å². The zero-order valence-corrected chi connectivity index (χ0v) is 11.1. The van der Waals surface area contributed by atoms with Gasteiger partial charge in [-0.3, -0.25) is 4.79 Å². The van der Waals surface area contributed by atoms with Crippen molar-refractivity contribution in [1.82, 2.24) is 0 Å². The second kappa shape index (κ2) is 5.78. The molecule has 1 amide bonds. The van der Waals surface area contributed by atoms with Gasteiger partial charge in [-0.2, -0.15) is 0 Å². The van der Waals surface area contributed by atoms with Crippen LogP contribution in [0.25, 0.3) is 0 Å².